The zero-order valence-corrected chi connectivity index (χ0v) is 9.30. The van der Waals surface area contributed by atoms with Gasteiger partial charge in [0.2, 0.25) is 11.8 Å². The molecule has 0 bridgehead atoms. The lowest BCUT2D eigenvalue weighted by molar-refractivity contribution is -0.130. The lowest BCUT2D eigenvalue weighted by atomic mass is 10.2. The number of amides is 2. The Morgan fingerprint density at radius 3 is 2.73 bits per heavy atom. The molecule has 0 saturated carbocycles. The summed E-state index contributed by atoms with van der Waals surface area (Å²) in [6.45, 7) is 3.12. The fourth-order valence-electron chi connectivity index (χ4n) is 1.12. The Morgan fingerprint density at radius 2 is 2.27 bits per heavy atom. The molecular weight excluding hydrogens is 222 g/mol. The summed E-state index contributed by atoms with van der Waals surface area (Å²) in [5.41, 5.74) is 5.01. The number of nitrogens with one attached hydrogen (secondary N) is 2. The molecule has 0 aromatic rings. The molecule has 1 aliphatic rings. The highest BCUT2D eigenvalue weighted by Gasteiger charge is 2.23. The number of ether oxygens (including phenoxy) is 1. The van der Waals surface area contributed by atoms with Crippen molar-refractivity contribution in [2.24, 2.45) is 5.73 Å². The molecule has 1 unspecified atom stereocenters. The Labute approximate surface area is 94.3 Å². The summed E-state index contributed by atoms with van der Waals surface area (Å²) in [5.74, 6) is -0.800. The van der Waals surface area contributed by atoms with Crippen LogP contribution in [-0.2, 0) is 14.3 Å². The summed E-state index contributed by atoms with van der Waals surface area (Å²) in [6, 6.07) is -1.03. The number of carbonyl (C=O) groups excluding carboxylic acids is 2. The molecule has 1 rings (SSSR count). The lowest BCUT2D eigenvalue weighted by Gasteiger charge is -2.23. The Kier molecular flexibility index (Phi) is 6.23. The third-order valence-corrected chi connectivity index (χ3v) is 2.02. The van der Waals surface area contributed by atoms with E-state index in [1.54, 1.807) is 6.92 Å². The molecule has 0 aromatic carbocycles. The molecule has 0 aromatic heterocycles. The fraction of sp³-hybridized carbons (Fsp3) is 0.750. The number of rotatable bonds is 3. The molecule has 15 heavy (non-hydrogen) atoms. The molecule has 4 N–H and O–H groups in total. The first-order chi connectivity index (χ1) is 6.61. The Morgan fingerprint density at radius 1 is 1.60 bits per heavy atom. The first-order valence-corrected chi connectivity index (χ1v) is 4.52. The van der Waals surface area contributed by atoms with Crippen LogP contribution in [-0.4, -0.2) is 43.7 Å². The Bertz CT molecular complexity index is 231. The van der Waals surface area contributed by atoms with E-state index in [1.807, 2.05) is 0 Å². The van der Waals surface area contributed by atoms with Gasteiger partial charge in [0.15, 0.2) is 0 Å². The van der Waals surface area contributed by atoms with Gasteiger partial charge in [-0.1, -0.05) is 0 Å². The monoisotopic (exact) mass is 237 g/mol. The molecule has 1 saturated heterocycles. The lowest BCUT2D eigenvalue weighted by Crippen LogP contribution is -2.54. The van der Waals surface area contributed by atoms with Gasteiger partial charge in [0.25, 0.3) is 0 Å². The average molecular weight is 238 g/mol. The van der Waals surface area contributed by atoms with Crippen molar-refractivity contribution in [3.63, 3.8) is 0 Å². The maximum atomic E-state index is 11.5. The van der Waals surface area contributed by atoms with Crippen LogP contribution in [0.1, 0.15) is 6.92 Å². The van der Waals surface area contributed by atoms with E-state index in [-0.39, 0.29) is 24.4 Å². The summed E-state index contributed by atoms with van der Waals surface area (Å²) in [6.07, 6.45) is 0. The highest BCUT2D eigenvalue weighted by molar-refractivity contribution is 5.88. The van der Waals surface area contributed by atoms with Crippen LogP contribution in [0.15, 0.2) is 0 Å². The highest BCUT2D eigenvalue weighted by Crippen LogP contribution is 1.93. The summed E-state index contributed by atoms with van der Waals surface area (Å²) in [7, 11) is 0. The van der Waals surface area contributed by atoms with Crippen LogP contribution in [0.5, 0.6) is 0 Å². The second-order valence-electron chi connectivity index (χ2n) is 3.21. The van der Waals surface area contributed by atoms with Gasteiger partial charge in [0, 0.05) is 6.54 Å². The van der Waals surface area contributed by atoms with Gasteiger partial charge in [-0.3, -0.25) is 9.59 Å². The van der Waals surface area contributed by atoms with Gasteiger partial charge in [-0.15, -0.1) is 12.4 Å². The molecule has 0 spiro atoms. The third kappa shape index (κ3) is 4.46. The van der Waals surface area contributed by atoms with Crippen molar-refractivity contribution >= 4 is 24.2 Å². The van der Waals surface area contributed by atoms with Crippen molar-refractivity contribution in [3.8, 4) is 0 Å². The maximum Gasteiger partial charge on any atom is 0.240 e. The zero-order chi connectivity index (χ0) is 10.6. The minimum Gasteiger partial charge on any atom is -0.378 e. The SMILES string of the molecule is CC(NC(=O)[C@H]1COCCN1)C(N)=O.Cl. The van der Waals surface area contributed by atoms with Crippen LogP contribution >= 0.6 is 12.4 Å². The van der Waals surface area contributed by atoms with Gasteiger partial charge in [0.05, 0.1) is 13.2 Å². The highest BCUT2D eigenvalue weighted by atomic mass is 35.5. The van der Waals surface area contributed by atoms with Gasteiger partial charge in [0.1, 0.15) is 12.1 Å². The van der Waals surface area contributed by atoms with E-state index in [0.717, 1.165) is 0 Å². The fourth-order valence-corrected chi connectivity index (χ4v) is 1.12. The van der Waals surface area contributed by atoms with E-state index < -0.39 is 11.9 Å². The maximum absolute atomic E-state index is 11.5. The van der Waals surface area contributed by atoms with Gasteiger partial charge in [-0.2, -0.15) is 0 Å². The summed E-state index contributed by atoms with van der Waals surface area (Å²) in [5, 5.41) is 5.47. The average Bonchev–Trinajstić information content (AvgIpc) is 2.19. The number of hydrogen-bond donors (Lipinski definition) is 3. The van der Waals surface area contributed by atoms with Crippen molar-refractivity contribution in [2.75, 3.05) is 19.8 Å². The van der Waals surface area contributed by atoms with E-state index >= 15 is 0 Å². The number of morpholine rings is 1. The van der Waals surface area contributed by atoms with Crippen molar-refractivity contribution in [1.29, 1.82) is 0 Å². The smallest absolute Gasteiger partial charge is 0.240 e. The molecule has 6 nitrogen and oxygen atoms in total. The van der Waals surface area contributed by atoms with E-state index in [1.165, 1.54) is 0 Å². The molecule has 1 fully saturated rings. The zero-order valence-electron chi connectivity index (χ0n) is 8.49. The molecule has 2 atom stereocenters. The molecule has 2 amide bonds. The van der Waals surface area contributed by atoms with Crippen molar-refractivity contribution < 1.29 is 14.3 Å². The molecule has 88 valence electrons. The molecule has 1 aliphatic heterocycles. The van der Waals surface area contributed by atoms with Gasteiger partial charge >= 0.3 is 0 Å². The predicted molar refractivity (Wildman–Crippen MR) is 56.7 cm³/mol. The quantitative estimate of drug-likeness (QED) is 0.550. The minimum atomic E-state index is -0.647. The standard InChI is InChI=1S/C8H15N3O3.ClH/c1-5(7(9)12)11-8(13)6-4-14-3-2-10-6;/h5-6,10H,2-4H2,1H3,(H2,9,12)(H,11,13);1H/t5?,6-;/m1./s1. The van der Waals surface area contributed by atoms with Crippen LogP contribution in [0, 0.1) is 0 Å². The first-order valence-electron chi connectivity index (χ1n) is 4.52. The number of carbonyl (C=O) groups is 2. The normalized spacial score (nSPS) is 22.3. The Balaban J connectivity index is 0.00000196. The van der Waals surface area contributed by atoms with E-state index in [4.69, 9.17) is 10.5 Å². The van der Waals surface area contributed by atoms with E-state index in [9.17, 15) is 9.59 Å². The van der Waals surface area contributed by atoms with Crippen molar-refractivity contribution in [1.82, 2.24) is 10.6 Å². The van der Waals surface area contributed by atoms with Crippen LogP contribution in [0.3, 0.4) is 0 Å². The predicted octanol–water partition coefficient (Wildman–Crippen LogP) is -1.61. The summed E-state index contributed by atoms with van der Waals surface area (Å²) < 4.78 is 5.11. The van der Waals surface area contributed by atoms with Crippen molar-refractivity contribution in [2.45, 2.75) is 19.0 Å². The molecule has 1 heterocycles. The molecular formula is C8H16ClN3O3. The number of halogens is 1. The van der Waals surface area contributed by atoms with Crippen LogP contribution < -0.4 is 16.4 Å². The van der Waals surface area contributed by atoms with Crippen LogP contribution in [0.4, 0.5) is 0 Å². The molecule has 0 aliphatic carbocycles. The largest absolute Gasteiger partial charge is 0.378 e. The van der Waals surface area contributed by atoms with E-state index in [0.29, 0.717) is 19.8 Å². The second-order valence-corrected chi connectivity index (χ2v) is 3.21. The molecule has 7 heteroatoms. The Hall–Kier alpha value is -0.850. The summed E-state index contributed by atoms with van der Waals surface area (Å²) >= 11 is 0. The topological polar surface area (TPSA) is 93.4 Å². The number of primary amides is 1. The van der Waals surface area contributed by atoms with Gasteiger partial charge in [-0.05, 0) is 6.92 Å². The number of nitrogens with two attached hydrogens (primary N) is 1. The van der Waals surface area contributed by atoms with Crippen molar-refractivity contribution in [3.05, 3.63) is 0 Å². The minimum absolute atomic E-state index is 0. The summed E-state index contributed by atoms with van der Waals surface area (Å²) in [4.78, 5) is 22.1. The van der Waals surface area contributed by atoms with Crippen LogP contribution in [0.25, 0.3) is 0 Å². The first kappa shape index (κ1) is 14.2. The van der Waals surface area contributed by atoms with Crippen LogP contribution in [0.2, 0.25) is 0 Å². The van der Waals surface area contributed by atoms with E-state index in [2.05, 4.69) is 10.6 Å². The second kappa shape index (κ2) is 6.60. The van der Waals surface area contributed by atoms with Gasteiger partial charge < -0.3 is 21.1 Å². The number of hydrogen-bond acceptors (Lipinski definition) is 4. The van der Waals surface area contributed by atoms with Gasteiger partial charge in [-0.25, -0.2) is 0 Å². The molecule has 0 radical (unpaired) electrons. The third-order valence-electron chi connectivity index (χ3n) is 2.02.